The largest absolute Gasteiger partial charge is 0.335 e. The highest BCUT2D eigenvalue weighted by Crippen LogP contribution is 2.26. The summed E-state index contributed by atoms with van der Waals surface area (Å²) in [5, 5.41) is 2.23. The Labute approximate surface area is 181 Å². The lowest BCUT2D eigenvalue weighted by molar-refractivity contribution is -0.122. The Hall–Kier alpha value is -3.52. The zero-order valence-corrected chi connectivity index (χ0v) is 17.8. The topological polar surface area (TPSA) is 84.3 Å². The Morgan fingerprint density at radius 2 is 1.73 bits per heavy atom. The van der Waals surface area contributed by atoms with Gasteiger partial charge in [-0.05, 0) is 61.9 Å². The van der Waals surface area contributed by atoms with E-state index < -0.39 is 17.8 Å². The van der Waals surface area contributed by atoms with Crippen LogP contribution in [0, 0.1) is 13.8 Å². The van der Waals surface area contributed by atoms with Gasteiger partial charge in [0.05, 0.1) is 5.69 Å². The molecule has 4 amide bonds. The molecule has 1 saturated heterocycles. The first-order valence-electron chi connectivity index (χ1n) is 9.13. The summed E-state index contributed by atoms with van der Waals surface area (Å²) < 4.78 is 2.98. The second kappa shape index (κ2) is 7.72. The minimum atomic E-state index is -0.784. The van der Waals surface area contributed by atoms with Gasteiger partial charge < -0.3 is 4.57 Å². The number of carbonyl (C=O) groups is 3. The molecule has 0 radical (unpaired) electrons. The molecule has 0 aliphatic carbocycles. The van der Waals surface area contributed by atoms with Gasteiger partial charge >= 0.3 is 6.03 Å². The lowest BCUT2D eigenvalue weighted by Crippen LogP contribution is -2.54. The second-order valence-electron chi connectivity index (χ2n) is 6.81. The van der Waals surface area contributed by atoms with E-state index in [1.807, 2.05) is 48.7 Å². The van der Waals surface area contributed by atoms with Crippen LogP contribution in [0.15, 0.2) is 64.9 Å². The maximum Gasteiger partial charge on any atom is 0.335 e. The van der Waals surface area contributed by atoms with Gasteiger partial charge in [-0.25, -0.2) is 9.69 Å². The van der Waals surface area contributed by atoms with Crippen molar-refractivity contribution in [2.75, 3.05) is 4.90 Å². The van der Waals surface area contributed by atoms with Crippen molar-refractivity contribution in [2.45, 2.75) is 13.8 Å². The molecule has 0 saturated carbocycles. The number of hydrogen-bond acceptors (Lipinski definition) is 4. The van der Waals surface area contributed by atoms with Crippen LogP contribution >= 0.6 is 15.9 Å². The van der Waals surface area contributed by atoms with Crippen molar-refractivity contribution in [3.8, 4) is 5.69 Å². The third-order valence-electron chi connectivity index (χ3n) is 4.86. The molecule has 1 aromatic carbocycles. The van der Waals surface area contributed by atoms with Crippen LogP contribution < -0.4 is 10.2 Å². The number of carbonyl (C=O) groups excluding carboxylic acids is 3. The Morgan fingerprint density at radius 1 is 1.00 bits per heavy atom. The van der Waals surface area contributed by atoms with E-state index in [9.17, 15) is 14.4 Å². The van der Waals surface area contributed by atoms with Gasteiger partial charge in [-0.2, -0.15) is 0 Å². The fraction of sp³-hybridized carbons (Fsp3) is 0.0909. The predicted octanol–water partition coefficient (Wildman–Crippen LogP) is 3.92. The minimum Gasteiger partial charge on any atom is -0.318 e. The van der Waals surface area contributed by atoms with Crippen LogP contribution in [0.5, 0.6) is 0 Å². The normalized spacial score (nSPS) is 15.6. The number of nitrogens with one attached hydrogen (secondary N) is 1. The van der Waals surface area contributed by atoms with Gasteiger partial charge in [0.1, 0.15) is 5.57 Å². The molecule has 2 aromatic heterocycles. The van der Waals surface area contributed by atoms with Crippen LogP contribution in [0.3, 0.4) is 0 Å². The van der Waals surface area contributed by atoms with E-state index in [2.05, 4.69) is 26.2 Å². The highest BCUT2D eigenvalue weighted by atomic mass is 79.9. The van der Waals surface area contributed by atoms with Crippen LogP contribution in [0.1, 0.15) is 17.0 Å². The number of halogens is 1. The second-order valence-corrected chi connectivity index (χ2v) is 7.72. The van der Waals surface area contributed by atoms with Gasteiger partial charge in [0.2, 0.25) is 0 Å². The standard InChI is InChI=1S/C22H17BrN4O3/c1-13-10-15(14(2)26(13)18-5-3-4-16(23)12-18)11-19-20(28)25-22(30)27(21(19)29)17-6-8-24-9-7-17/h3-12H,1-2H3,(H,25,28,30)/b19-11+. The van der Waals surface area contributed by atoms with E-state index in [4.69, 9.17) is 0 Å². The Morgan fingerprint density at radius 3 is 2.43 bits per heavy atom. The van der Waals surface area contributed by atoms with Crippen molar-refractivity contribution in [1.82, 2.24) is 14.9 Å². The number of benzene rings is 1. The van der Waals surface area contributed by atoms with E-state index in [-0.39, 0.29) is 5.57 Å². The molecule has 4 rings (SSSR count). The van der Waals surface area contributed by atoms with Crippen molar-refractivity contribution >= 4 is 45.5 Å². The quantitative estimate of drug-likeness (QED) is 0.470. The lowest BCUT2D eigenvalue weighted by Gasteiger charge is -2.26. The smallest absolute Gasteiger partial charge is 0.318 e. The molecule has 3 heterocycles. The van der Waals surface area contributed by atoms with Gasteiger partial charge in [-0.15, -0.1) is 0 Å². The molecule has 0 spiro atoms. The molecular formula is C22H17BrN4O3. The van der Waals surface area contributed by atoms with Crippen molar-refractivity contribution in [3.05, 3.63) is 81.9 Å². The van der Waals surface area contributed by atoms with E-state index in [0.717, 1.165) is 32.0 Å². The van der Waals surface area contributed by atoms with Crippen molar-refractivity contribution in [1.29, 1.82) is 0 Å². The molecule has 1 fully saturated rings. The molecule has 1 aliphatic rings. The number of amides is 4. The Bertz CT molecular complexity index is 1210. The molecule has 0 bridgehead atoms. The maximum absolute atomic E-state index is 13.0. The summed E-state index contributed by atoms with van der Waals surface area (Å²) in [5.74, 6) is -1.40. The molecule has 1 aliphatic heterocycles. The molecule has 0 atom stereocenters. The van der Waals surface area contributed by atoms with Gasteiger partial charge in [0.25, 0.3) is 11.8 Å². The average molecular weight is 465 g/mol. The Kier molecular flexibility index (Phi) is 5.09. The van der Waals surface area contributed by atoms with E-state index >= 15 is 0 Å². The number of anilines is 1. The van der Waals surface area contributed by atoms with Gasteiger partial charge in [-0.3, -0.25) is 19.9 Å². The molecule has 1 N–H and O–H groups in total. The molecule has 3 aromatic rings. The number of rotatable bonds is 3. The number of aromatic nitrogens is 2. The highest BCUT2D eigenvalue weighted by Gasteiger charge is 2.37. The average Bonchev–Trinajstić information content (AvgIpc) is 2.99. The van der Waals surface area contributed by atoms with Crippen LogP contribution in [0.25, 0.3) is 11.8 Å². The number of nitrogens with zero attached hydrogens (tertiary/aromatic N) is 3. The number of barbiturate groups is 1. The molecule has 150 valence electrons. The van der Waals surface area contributed by atoms with Crippen LogP contribution in [-0.2, 0) is 9.59 Å². The zero-order chi connectivity index (χ0) is 21.4. The lowest BCUT2D eigenvalue weighted by atomic mass is 10.1. The molecule has 30 heavy (non-hydrogen) atoms. The molecule has 8 heteroatoms. The first kappa shape index (κ1) is 19.8. The summed E-state index contributed by atoms with van der Waals surface area (Å²) in [5.41, 5.74) is 3.72. The summed E-state index contributed by atoms with van der Waals surface area (Å²) in [6.07, 6.45) is 4.47. The van der Waals surface area contributed by atoms with Crippen molar-refractivity contribution < 1.29 is 14.4 Å². The van der Waals surface area contributed by atoms with E-state index in [1.165, 1.54) is 30.6 Å². The molecular weight excluding hydrogens is 448 g/mol. The first-order valence-corrected chi connectivity index (χ1v) is 9.92. The Balaban J connectivity index is 1.77. The molecule has 0 unspecified atom stereocenters. The third kappa shape index (κ3) is 3.46. The number of pyridine rings is 1. The monoisotopic (exact) mass is 464 g/mol. The summed E-state index contributed by atoms with van der Waals surface area (Å²) >= 11 is 3.48. The van der Waals surface area contributed by atoms with Crippen LogP contribution in [0.2, 0.25) is 0 Å². The van der Waals surface area contributed by atoms with Crippen LogP contribution in [0.4, 0.5) is 10.5 Å². The minimum absolute atomic E-state index is 0.110. The number of imide groups is 2. The SMILES string of the molecule is Cc1cc(/C=C2\C(=O)NC(=O)N(c3ccncc3)C2=O)c(C)n1-c1cccc(Br)c1. The van der Waals surface area contributed by atoms with Crippen LogP contribution in [-0.4, -0.2) is 27.4 Å². The summed E-state index contributed by atoms with van der Waals surface area (Å²) in [6.45, 7) is 3.86. The van der Waals surface area contributed by atoms with Crippen molar-refractivity contribution in [2.24, 2.45) is 0 Å². The zero-order valence-electron chi connectivity index (χ0n) is 16.2. The summed E-state index contributed by atoms with van der Waals surface area (Å²) in [6, 6.07) is 12.0. The third-order valence-corrected chi connectivity index (χ3v) is 5.35. The van der Waals surface area contributed by atoms with Gasteiger partial charge in [-0.1, -0.05) is 22.0 Å². The fourth-order valence-electron chi connectivity index (χ4n) is 3.49. The summed E-state index contributed by atoms with van der Waals surface area (Å²) in [4.78, 5) is 42.6. The summed E-state index contributed by atoms with van der Waals surface area (Å²) in [7, 11) is 0. The number of hydrogen-bond donors (Lipinski definition) is 1. The maximum atomic E-state index is 13.0. The van der Waals surface area contributed by atoms with E-state index in [1.54, 1.807) is 0 Å². The first-order chi connectivity index (χ1) is 14.4. The molecule has 7 nitrogen and oxygen atoms in total. The number of urea groups is 1. The predicted molar refractivity (Wildman–Crippen MR) is 116 cm³/mol. The van der Waals surface area contributed by atoms with Gasteiger partial charge in [0, 0.05) is 33.9 Å². The van der Waals surface area contributed by atoms with Gasteiger partial charge in [0.15, 0.2) is 0 Å². The fourth-order valence-corrected chi connectivity index (χ4v) is 3.87. The van der Waals surface area contributed by atoms with E-state index in [0.29, 0.717) is 5.69 Å². The van der Waals surface area contributed by atoms with Crippen molar-refractivity contribution in [3.63, 3.8) is 0 Å². The highest BCUT2D eigenvalue weighted by molar-refractivity contribution is 9.10. The number of aryl methyl sites for hydroxylation is 1.